The molecule has 0 saturated carbocycles. The van der Waals surface area contributed by atoms with Crippen LogP contribution in [0.25, 0.3) is 0 Å². The number of aromatic amines is 1. The Morgan fingerprint density at radius 2 is 2.60 bits per heavy atom. The average molecular weight is 143 g/mol. The fourth-order valence-corrected chi connectivity index (χ4v) is 0.867. The van der Waals surface area contributed by atoms with E-state index in [1.807, 2.05) is 5.16 Å². The lowest BCUT2D eigenvalue weighted by Gasteiger charge is -2.07. The van der Waals surface area contributed by atoms with E-state index >= 15 is 0 Å². The quantitative estimate of drug-likeness (QED) is 0.520. The van der Waals surface area contributed by atoms with E-state index in [1.54, 1.807) is 0 Å². The first kappa shape index (κ1) is 3.39. The number of H-pyrrole nitrogens is 1. The van der Waals surface area contributed by atoms with Crippen molar-refractivity contribution in [1.29, 1.82) is 0 Å². The monoisotopic (exact) mass is 143 g/mol. The number of fused-ring (bicyclic) bond motifs is 1. The number of aromatic nitrogens is 1. The van der Waals surface area contributed by atoms with Crippen LogP contribution in [0.4, 0.5) is 0 Å². The first-order valence-corrected chi connectivity index (χ1v) is 2.90. The molecule has 2 N–H and O–H groups in total. The van der Waals surface area contributed by atoms with Crippen molar-refractivity contribution in [3.05, 3.63) is 21.7 Å². The summed E-state index contributed by atoms with van der Waals surface area (Å²) >= 11 is 0. The zero-order chi connectivity index (χ0) is 9.64. The van der Waals surface area contributed by atoms with Crippen molar-refractivity contribution in [3.8, 4) is 0 Å². The maximum atomic E-state index is 11.1. The van der Waals surface area contributed by atoms with Crippen LogP contribution in [0, 0.1) is 0 Å². The molecule has 0 aromatic carbocycles. The van der Waals surface area contributed by atoms with Gasteiger partial charge in [-0.3, -0.25) is 4.79 Å². The van der Waals surface area contributed by atoms with Crippen molar-refractivity contribution in [3.63, 3.8) is 0 Å². The molecule has 0 spiro atoms. The van der Waals surface area contributed by atoms with E-state index in [0.717, 1.165) is 0 Å². The Morgan fingerprint density at radius 3 is 3.40 bits per heavy atom. The van der Waals surface area contributed by atoms with E-state index in [2.05, 4.69) is 5.32 Å². The van der Waals surface area contributed by atoms with Crippen LogP contribution in [-0.4, -0.2) is 11.7 Å². The molecule has 4 nitrogen and oxygen atoms in total. The fraction of sp³-hybridized carbons (Fsp3) is 0.500. The van der Waals surface area contributed by atoms with E-state index in [4.69, 9.17) is 8.64 Å². The summed E-state index contributed by atoms with van der Waals surface area (Å²) in [5.74, 6) is 0.0428. The maximum Gasteiger partial charge on any atom is 0.283 e. The molecule has 2 heterocycles. The summed E-state index contributed by atoms with van der Waals surface area (Å²) < 4.78 is 27.1. The Morgan fingerprint density at radius 1 is 1.70 bits per heavy atom. The smallest absolute Gasteiger partial charge is 0.283 e. The first-order valence-electron chi connectivity index (χ1n) is 4.47. The summed E-state index contributed by atoms with van der Waals surface area (Å²) in [6.07, 6.45) is -1.76. The minimum absolute atomic E-state index is 0.0428. The van der Waals surface area contributed by atoms with Crippen molar-refractivity contribution in [1.82, 2.24) is 10.5 Å². The van der Waals surface area contributed by atoms with Crippen LogP contribution >= 0.6 is 0 Å². The highest BCUT2D eigenvalue weighted by atomic mass is 16.5. The van der Waals surface area contributed by atoms with Gasteiger partial charge in [-0.25, -0.2) is 0 Å². The van der Waals surface area contributed by atoms with Gasteiger partial charge in [-0.2, -0.15) is 5.16 Å². The molecule has 4 heteroatoms. The van der Waals surface area contributed by atoms with E-state index < -0.39 is 18.5 Å². The highest BCUT2D eigenvalue weighted by Gasteiger charge is 2.15. The predicted molar refractivity (Wildman–Crippen MR) is 34.7 cm³/mol. The van der Waals surface area contributed by atoms with Gasteiger partial charge in [-0.05, 0) is 12.9 Å². The normalized spacial score (nSPS) is 33.6. The van der Waals surface area contributed by atoms with Gasteiger partial charge in [-0.15, -0.1) is 0 Å². The molecule has 0 radical (unpaired) electrons. The molecule has 0 amide bonds. The lowest BCUT2D eigenvalue weighted by molar-refractivity contribution is 0.362. The number of rotatable bonds is 0. The highest BCUT2D eigenvalue weighted by molar-refractivity contribution is 5.16. The van der Waals surface area contributed by atoms with Crippen LogP contribution in [0.2, 0.25) is 0 Å². The number of nitrogens with one attached hydrogen (secondary N) is 2. The van der Waals surface area contributed by atoms with Crippen molar-refractivity contribution in [2.45, 2.75) is 12.9 Å². The molecule has 0 aliphatic carbocycles. The Labute approximate surface area is 61.4 Å². The van der Waals surface area contributed by atoms with Crippen molar-refractivity contribution in [2.75, 3.05) is 6.54 Å². The van der Waals surface area contributed by atoms with Gasteiger partial charge in [0.05, 0.1) is 13.5 Å². The number of hydrogen-bond donors (Lipinski definition) is 2. The molecule has 0 bridgehead atoms. The van der Waals surface area contributed by atoms with Gasteiger partial charge in [0.1, 0.15) is 0 Å². The van der Waals surface area contributed by atoms with E-state index in [0.29, 0.717) is 0 Å². The zero-order valence-corrected chi connectivity index (χ0v) is 5.10. The van der Waals surface area contributed by atoms with Gasteiger partial charge in [0.15, 0.2) is 5.76 Å². The molecule has 1 aromatic heterocycles. The van der Waals surface area contributed by atoms with Gasteiger partial charge in [-0.1, -0.05) is 0 Å². The second-order valence-electron chi connectivity index (χ2n) is 1.97. The standard InChI is InChI=1S/C6H8N2O2/c9-6-4-1-2-7-3-5(4)10-8-6/h7H,1-3H2,(H,8,9)/i1D2,3D. The maximum absolute atomic E-state index is 11.1. The lowest BCUT2D eigenvalue weighted by atomic mass is 10.1. The molecule has 1 unspecified atom stereocenters. The molecule has 1 aromatic rings. The topological polar surface area (TPSA) is 58.0 Å². The Hall–Kier alpha value is -1.03. The minimum atomic E-state index is -1.76. The molecule has 2 rings (SSSR count). The van der Waals surface area contributed by atoms with Crippen LogP contribution in [0.5, 0.6) is 0 Å². The van der Waals surface area contributed by atoms with E-state index in [-0.39, 0.29) is 17.9 Å². The molecule has 10 heavy (non-hydrogen) atoms. The minimum Gasteiger partial charge on any atom is -0.382 e. The van der Waals surface area contributed by atoms with Gasteiger partial charge < -0.3 is 9.84 Å². The van der Waals surface area contributed by atoms with Gasteiger partial charge in [0.2, 0.25) is 0 Å². The SMILES string of the molecule is [2H]C1NCC([2H])([2H])c2c1o[nH]c2=O. The fourth-order valence-electron chi connectivity index (χ4n) is 0.867. The summed E-state index contributed by atoms with van der Waals surface area (Å²) in [7, 11) is 0. The second-order valence-corrected chi connectivity index (χ2v) is 1.97. The Bertz CT molecular complexity index is 383. The van der Waals surface area contributed by atoms with Crippen LogP contribution in [0.3, 0.4) is 0 Å². The second kappa shape index (κ2) is 1.98. The molecule has 1 aliphatic rings. The summed E-state index contributed by atoms with van der Waals surface area (Å²) in [6.45, 7) is -0.908. The molecule has 0 saturated heterocycles. The summed E-state index contributed by atoms with van der Waals surface area (Å²) in [4.78, 5) is 11.1. The summed E-state index contributed by atoms with van der Waals surface area (Å²) in [5, 5.41) is 4.62. The van der Waals surface area contributed by atoms with Crippen LogP contribution < -0.4 is 10.9 Å². The van der Waals surface area contributed by atoms with Gasteiger partial charge >= 0.3 is 0 Å². The Balaban J connectivity index is 2.65. The molecular formula is C6H8N2O2. The summed E-state index contributed by atoms with van der Waals surface area (Å²) in [5.41, 5.74) is -0.648. The third kappa shape index (κ3) is 0.690. The highest BCUT2D eigenvalue weighted by Crippen LogP contribution is 2.06. The molecule has 1 aliphatic heterocycles. The van der Waals surface area contributed by atoms with Crippen molar-refractivity contribution in [2.24, 2.45) is 0 Å². The largest absolute Gasteiger partial charge is 0.382 e. The van der Waals surface area contributed by atoms with Crippen LogP contribution in [0.15, 0.2) is 9.32 Å². The lowest BCUT2D eigenvalue weighted by Crippen LogP contribution is -2.25. The average Bonchev–Trinajstić information content (AvgIpc) is 2.42. The predicted octanol–water partition coefficient (Wildman–Crippen LogP) is -0.386. The van der Waals surface area contributed by atoms with Gasteiger partial charge in [0.25, 0.3) is 5.56 Å². The van der Waals surface area contributed by atoms with Crippen LogP contribution in [0.1, 0.15) is 15.4 Å². The van der Waals surface area contributed by atoms with Gasteiger partial charge in [0, 0.05) is 2.74 Å². The summed E-state index contributed by atoms with van der Waals surface area (Å²) in [6, 6.07) is 0. The van der Waals surface area contributed by atoms with Crippen molar-refractivity contribution < 1.29 is 8.64 Å². The Kier molecular flexibility index (Phi) is 0.672. The molecule has 0 fully saturated rings. The van der Waals surface area contributed by atoms with Crippen LogP contribution in [-0.2, 0) is 12.9 Å². The third-order valence-corrected chi connectivity index (χ3v) is 1.33. The zero-order valence-electron chi connectivity index (χ0n) is 8.10. The molecular weight excluding hydrogens is 132 g/mol. The first-order chi connectivity index (χ1) is 6.02. The third-order valence-electron chi connectivity index (χ3n) is 1.33. The number of hydrogen-bond acceptors (Lipinski definition) is 3. The van der Waals surface area contributed by atoms with E-state index in [9.17, 15) is 4.79 Å². The molecule has 1 atom stereocenters. The van der Waals surface area contributed by atoms with E-state index in [1.165, 1.54) is 0 Å². The van der Waals surface area contributed by atoms with Crippen molar-refractivity contribution >= 4 is 0 Å². The molecule has 54 valence electrons.